The van der Waals surface area contributed by atoms with Crippen LogP contribution >= 0.6 is 11.3 Å². The van der Waals surface area contributed by atoms with E-state index in [9.17, 15) is 9.59 Å². The lowest BCUT2D eigenvalue weighted by Crippen LogP contribution is -2.40. The summed E-state index contributed by atoms with van der Waals surface area (Å²) in [5.41, 5.74) is 8.47. The van der Waals surface area contributed by atoms with Gasteiger partial charge in [0.05, 0.1) is 34.1 Å². The van der Waals surface area contributed by atoms with Gasteiger partial charge in [0, 0.05) is 22.2 Å². The third kappa shape index (κ3) is 5.61. The zero-order valence-electron chi connectivity index (χ0n) is 26.6. The molecule has 0 spiro atoms. The average Bonchev–Trinajstić information content (AvgIpc) is 3.58. The van der Waals surface area contributed by atoms with Crippen LogP contribution in [0.25, 0.3) is 28.2 Å². The topological polar surface area (TPSA) is 88.5 Å². The van der Waals surface area contributed by atoms with Crippen LogP contribution in [0.2, 0.25) is 0 Å². The van der Waals surface area contributed by atoms with E-state index in [-0.39, 0.29) is 11.5 Å². The number of nitrogens with zero attached hydrogens (tertiary/aromatic N) is 2. The van der Waals surface area contributed by atoms with Crippen LogP contribution in [0.5, 0.6) is 5.75 Å². The summed E-state index contributed by atoms with van der Waals surface area (Å²) in [6.45, 7) is 8.48. The molecule has 0 radical (unpaired) electrons. The Morgan fingerprint density at radius 1 is 0.979 bits per heavy atom. The summed E-state index contributed by atoms with van der Waals surface area (Å²) in [6.07, 6.45) is 1.97. The number of hydrogen-bond acceptors (Lipinski definition) is 5. The number of rotatable bonds is 7. The van der Waals surface area contributed by atoms with Gasteiger partial charge in [-0.05, 0) is 80.8 Å². The quantitative estimate of drug-likeness (QED) is 0.197. The second kappa shape index (κ2) is 12.4. The fourth-order valence-electron chi connectivity index (χ4n) is 6.35. The molecule has 1 atom stereocenters. The van der Waals surface area contributed by atoms with Crippen molar-refractivity contribution in [1.29, 1.82) is 0 Å². The summed E-state index contributed by atoms with van der Waals surface area (Å²) in [4.78, 5) is 37.5. The Morgan fingerprint density at radius 3 is 2.38 bits per heavy atom. The summed E-state index contributed by atoms with van der Waals surface area (Å²) < 4.78 is 7.89. The van der Waals surface area contributed by atoms with Crippen LogP contribution in [0.1, 0.15) is 42.1 Å². The summed E-state index contributed by atoms with van der Waals surface area (Å²) in [6, 6.07) is 30.7. The smallest absolute Gasteiger partial charge is 0.271 e. The van der Waals surface area contributed by atoms with E-state index in [1.807, 2.05) is 92.7 Å². The normalized spacial score (nSPS) is 14.6. The van der Waals surface area contributed by atoms with Crippen LogP contribution in [0.4, 0.5) is 5.69 Å². The highest BCUT2D eigenvalue weighted by atomic mass is 32.1. The number of benzene rings is 4. The van der Waals surface area contributed by atoms with Crippen LogP contribution in [0, 0.1) is 13.8 Å². The highest BCUT2D eigenvalue weighted by molar-refractivity contribution is 7.07. The van der Waals surface area contributed by atoms with E-state index in [0.29, 0.717) is 32.9 Å². The summed E-state index contributed by atoms with van der Waals surface area (Å²) in [5, 5.41) is 4.07. The summed E-state index contributed by atoms with van der Waals surface area (Å²) >= 11 is 1.34. The van der Waals surface area contributed by atoms with Crippen molar-refractivity contribution in [3.63, 3.8) is 0 Å². The van der Waals surface area contributed by atoms with Crippen molar-refractivity contribution in [3.05, 3.63) is 150 Å². The van der Waals surface area contributed by atoms with Crippen molar-refractivity contribution < 1.29 is 9.53 Å². The number of carbonyl (C=O) groups excluding carboxylic acids is 1. The molecule has 0 saturated heterocycles. The van der Waals surface area contributed by atoms with Gasteiger partial charge in [-0.1, -0.05) is 83.6 Å². The fourth-order valence-corrected chi connectivity index (χ4v) is 7.37. The minimum Gasteiger partial charge on any atom is -0.494 e. The van der Waals surface area contributed by atoms with E-state index in [2.05, 4.69) is 48.4 Å². The molecule has 1 aliphatic rings. The Hall–Kier alpha value is -5.47. The van der Waals surface area contributed by atoms with Crippen LogP contribution in [0.15, 0.2) is 118 Å². The van der Waals surface area contributed by atoms with Crippen molar-refractivity contribution in [3.8, 4) is 17.0 Å². The SMILES string of the molecule is CCOc1ccc([C@H]2C(C(=O)Nc3ccccc3)=C(C)N=c3s/c(=C\c4c(-c5ccccc5)[nH]c5c(C)cc(C)cc45)c(=O)n32)cc1. The predicted octanol–water partition coefficient (Wildman–Crippen LogP) is 7.04. The molecule has 234 valence electrons. The van der Waals surface area contributed by atoms with Gasteiger partial charge in [-0.3, -0.25) is 14.2 Å². The molecule has 3 heterocycles. The van der Waals surface area contributed by atoms with Crippen molar-refractivity contribution in [1.82, 2.24) is 9.55 Å². The number of hydrogen-bond donors (Lipinski definition) is 2. The van der Waals surface area contributed by atoms with Gasteiger partial charge in [-0.25, -0.2) is 4.99 Å². The lowest BCUT2D eigenvalue weighted by atomic mass is 9.95. The second-order valence-corrected chi connectivity index (χ2v) is 12.7. The number of para-hydroxylation sites is 1. The van der Waals surface area contributed by atoms with E-state index in [1.54, 1.807) is 4.57 Å². The number of aromatic amines is 1. The van der Waals surface area contributed by atoms with Gasteiger partial charge in [0.1, 0.15) is 5.75 Å². The molecule has 0 bridgehead atoms. The van der Waals surface area contributed by atoms with Crippen LogP contribution in [-0.4, -0.2) is 22.1 Å². The Balaban J connectivity index is 1.44. The number of nitrogens with one attached hydrogen (secondary N) is 2. The molecular weight excluding hydrogens is 605 g/mol. The monoisotopic (exact) mass is 638 g/mol. The molecule has 0 unspecified atom stereocenters. The second-order valence-electron chi connectivity index (χ2n) is 11.7. The van der Waals surface area contributed by atoms with Crippen molar-refractivity contribution in [2.45, 2.75) is 33.7 Å². The molecule has 7 rings (SSSR count). The number of amides is 1. The Kier molecular flexibility index (Phi) is 7.95. The van der Waals surface area contributed by atoms with Crippen molar-refractivity contribution in [2.24, 2.45) is 4.99 Å². The van der Waals surface area contributed by atoms with Gasteiger partial charge < -0.3 is 15.0 Å². The molecule has 7 nitrogen and oxygen atoms in total. The van der Waals surface area contributed by atoms with Gasteiger partial charge >= 0.3 is 0 Å². The van der Waals surface area contributed by atoms with Gasteiger partial charge in [-0.2, -0.15) is 0 Å². The molecular formula is C39H34N4O3S. The van der Waals surface area contributed by atoms with Crippen molar-refractivity contribution >= 4 is 39.9 Å². The number of ether oxygens (including phenoxy) is 1. The Labute approximate surface area is 276 Å². The number of H-pyrrole nitrogens is 1. The van der Waals surface area contributed by atoms with Crippen molar-refractivity contribution in [2.75, 3.05) is 11.9 Å². The molecule has 1 aliphatic heterocycles. The molecule has 6 aromatic rings. The molecule has 0 saturated carbocycles. The molecule has 2 N–H and O–H groups in total. The Bertz CT molecular complexity index is 2350. The first-order valence-electron chi connectivity index (χ1n) is 15.6. The molecule has 0 fully saturated rings. The standard InChI is InChI=1S/C39H34N4O3S/c1-5-46-29-18-16-27(17-19-29)36-33(37(44)41-28-14-10-7-11-15-28)25(4)40-39-43(36)38(45)32(47-39)22-31-30-21-23(2)20-24(3)34(30)42-35(31)26-12-8-6-9-13-26/h6-22,36,42H,5H2,1-4H3,(H,41,44)/b32-22-/t36-/m0/s1. The molecule has 4 aromatic carbocycles. The minimum absolute atomic E-state index is 0.206. The van der Waals surface area contributed by atoms with Crippen LogP contribution in [-0.2, 0) is 4.79 Å². The maximum Gasteiger partial charge on any atom is 0.271 e. The van der Waals surface area contributed by atoms with Gasteiger partial charge in [0.15, 0.2) is 4.80 Å². The van der Waals surface area contributed by atoms with Gasteiger partial charge in [0.25, 0.3) is 11.5 Å². The maximum absolute atomic E-state index is 14.5. The lowest BCUT2D eigenvalue weighted by molar-refractivity contribution is -0.113. The lowest BCUT2D eigenvalue weighted by Gasteiger charge is -2.25. The average molecular weight is 639 g/mol. The number of aromatic nitrogens is 2. The molecule has 2 aromatic heterocycles. The molecule has 47 heavy (non-hydrogen) atoms. The first-order chi connectivity index (χ1) is 22.8. The van der Waals surface area contributed by atoms with Crippen LogP contribution < -0.4 is 24.9 Å². The van der Waals surface area contributed by atoms with E-state index in [4.69, 9.17) is 9.73 Å². The summed E-state index contributed by atoms with van der Waals surface area (Å²) in [5.74, 6) is 0.414. The summed E-state index contributed by atoms with van der Waals surface area (Å²) in [7, 11) is 0. The predicted molar refractivity (Wildman–Crippen MR) is 190 cm³/mol. The maximum atomic E-state index is 14.5. The van der Waals surface area contributed by atoms with E-state index in [0.717, 1.165) is 50.2 Å². The largest absolute Gasteiger partial charge is 0.494 e. The number of thiazole rings is 1. The third-order valence-corrected chi connectivity index (χ3v) is 9.42. The number of carbonyl (C=O) groups is 1. The molecule has 1 amide bonds. The molecule has 8 heteroatoms. The number of allylic oxidation sites excluding steroid dienone is 1. The highest BCUT2D eigenvalue weighted by Gasteiger charge is 2.32. The van der Waals surface area contributed by atoms with E-state index in [1.165, 1.54) is 11.3 Å². The van der Waals surface area contributed by atoms with E-state index >= 15 is 0 Å². The minimum atomic E-state index is -0.686. The number of fused-ring (bicyclic) bond motifs is 2. The number of anilines is 1. The zero-order chi connectivity index (χ0) is 32.7. The molecule has 0 aliphatic carbocycles. The zero-order valence-corrected chi connectivity index (χ0v) is 27.4. The van der Waals surface area contributed by atoms with Gasteiger partial charge in [-0.15, -0.1) is 0 Å². The Morgan fingerprint density at radius 2 is 1.68 bits per heavy atom. The van der Waals surface area contributed by atoms with Gasteiger partial charge in [0.2, 0.25) is 0 Å². The third-order valence-electron chi connectivity index (χ3n) is 8.43. The number of aryl methyl sites for hydroxylation is 2. The van der Waals surface area contributed by atoms with E-state index < -0.39 is 6.04 Å². The first kappa shape index (κ1) is 30.2. The fraction of sp³-hybridized carbons (Fsp3) is 0.154. The first-order valence-corrected chi connectivity index (χ1v) is 16.4. The highest BCUT2D eigenvalue weighted by Crippen LogP contribution is 2.34. The van der Waals surface area contributed by atoms with Crippen LogP contribution in [0.3, 0.4) is 0 Å².